The van der Waals surface area contributed by atoms with Gasteiger partial charge in [-0.25, -0.2) is 18.0 Å². The number of rotatable bonds is 5. The highest BCUT2D eigenvalue weighted by molar-refractivity contribution is 7.89. The van der Waals surface area contributed by atoms with Crippen molar-refractivity contribution in [1.29, 1.82) is 0 Å². The maximum atomic E-state index is 12.6. The summed E-state index contributed by atoms with van der Waals surface area (Å²) in [6, 6.07) is 8.72. The molecule has 0 saturated carbocycles. The van der Waals surface area contributed by atoms with E-state index in [9.17, 15) is 22.8 Å². The van der Waals surface area contributed by atoms with Crippen LogP contribution in [0.4, 0.5) is 4.79 Å². The lowest BCUT2D eigenvalue weighted by Gasteiger charge is -2.37. The molecule has 0 radical (unpaired) electrons. The minimum atomic E-state index is -4.07. The van der Waals surface area contributed by atoms with Crippen LogP contribution in [0.2, 0.25) is 0 Å². The molecule has 1 N–H and O–H groups in total. The number of amides is 1. The van der Waals surface area contributed by atoms with Crippen LogP contribution in [-0.2, 0) is 35.5 Å². The van der Waals surface area contributed by atoms with Crippen LogP contribution in [0.25, 0.3) is 0 Å². The van der Waals surface area contributed by atoms with Crippen molar-refractivity contribution < 1.29 is 17.9 Å². The topological polar surface area (TPSA) is 120 Å². The number of hydrogen-bond acceptors (Lipinski definition) is 6. The van der Waals surface area contributed by atoms with Gasteiger partial charge in [-0.05, 0) is 5.56 Å². The fourth-order valence-electron chi connectivity index (χ4n) is 2.75. The molecule has 1 amide bonds. The maximum absolute atomic E-state index is 12.6. The molecule has 0 atom stereocenters. The number of hydrogen-bond donors (Lipinski definition) is 1. The summed E-state index contributed by atoms with van der Waals surface area (Å²) < 4.78 is 33.2. The molecule has 1 aliphatic heterocycles. The summed E-state index contributed by atoms with van der Waals surface area (Å²) in [6.07, 6.45) is 0.360. The number of ether oxygens (including phenoxy) is 1. The molecule has 10 nitrogen and oxygen atoms in total. The van der Waals surface area contributed by atoms with E-state index < -0.39 is 38.3 Å². The summed E-state index contributed by atoms with van der Waals surface area (Å²) in [7, 11) is -1.49. The smallest absolute Gasteiger partial charge is 0.407 e. The van der Waals surface area contributed by atoms with E-state index in [1.807, 2.05) is 30.3 Å². The number of aromatic nitrogens is 2. The molecular formula is C17H20N4O6S. The van der Waals surface area contributed by atoms with E-state index in [0.717, 1.165) is 25.2 Å². The molecule has 0 bridgehead atoms. The van der Waals surface area contributed by atoms with Crippen molar-refractivity contribution in [3.05, 3.63) is 62.9 Å². The molecular weight excluding hydrogens is 388 g/mol. The predicted octanol–water partition coefficient (Wildman–Crippen LogP) is -0.617. The molecule has 1 saturated heterocycles. The van der Waals surface area contributed by atoms with Gasteiger partial charge in [0.2, 0.25) is 10.0 Å². The SMILES string of the molecule is Cn1cc(S(=O)(=O)N2CC(NC(=O)OCc3ccccc3)C2)c(=O)n(C)c1=O. The second-order valence-corrected chi connectivity index (χ2v) is 8.38. The van der Waals surface area contributed by atoms with E-state index in [1.54, 1.807) is 0 Å². The number of benzene rings is 1. The third-order valence-electron chi connectivity index (χ3n) is 4.42. The van der Waals surface area contributed by atoms with E-state index in [1.165, 1.54) is 14.1 Å². The van der Waals surface area contributed by atoms with Crippen LogP contribution >= 0.6 is 0 Å². The van der Waals surface area contributed by atoms with Crippen molar-refractivity contribution in [3.8, 4) is 0 Å². The van der Waals surface area contributed by atoms with Gasteiger partial charge in [-0.1, -0.05) is 30.3 Å². The summed E-state index contributed by atoms with van der Waals surface area (Å²) >= 11 is 0. The molecule has 3 rings (SSSR count). The van der Waals surface area contributed by atoms with Crippen LogP contribution in [0, 0.1) is 0 Å². The minimum Gasteiger partial charge on any atom is -0.445 e. The van der Waals surface area contributed by atoms with E-state index in [0.29, 0.717) is 0 Å². The minimum absolute atomic E-state index is 0.00870. The zero-order valence-electron chi connectivity index (χ0n) is 15.4. The van der Waals surface area contributed by atoms with Crippen LogP contribution in [0.1, 0.15) is 5.56 Å². The lowest BCUT2D eigenvalue weighted by Crippen LogP contribution is -2.61. The molecule has 28 heavy (non-hydrogen) atoms. The van der Waals surface area contributed by atoms with Gasteiger partial charge in [-0.2, -0.15) is 4.31 Å². The van der Waals surface area contributed by atoms with E-state index >= 15 is 0 Å². The van der Waals surface area contributed by atoms with Gasteiger partial charge in [-0.15, -0.1) is 0 Å². The second kappa shape index (κ2) is 7.60. The van der Waals surface area contributed by atoms with Crippen LogP contribution in [0.15, 0.2) is 51.0 Å². The average molecular weight is 408 g/mol. The van der Waals surface area contributed by atoms with Crippen molar-refractivity contribution in [2.24, 2.45) is 14.1 Å². The number of carbonyl (C=O) groups excluding carboxylic acids is 1. The molecule has 0 aliphatic carbocycles. The Morgan fingerprint density at radius 3 is 2.46 bits per heavy atom. The van der Waals surface area contributed by atoms with E-state index in [4.69, 9.17) is 4.74 Å². The molecule has 2 aromatic rings. The molecule has 1 aliphatic rings. The fraction of sp³-hybridized carbons (Fsp3) is 0.353. The van der Waals surface area contributed by atoms with Crippen molar-refractivity contribution >= 4 is 16.1 Å². The van der Waals surface area contributed by atoms with Crippen molar-refractivity contribution in [2.45, 2.75) is 17.5 Å². The average Bonchev–Trinajstić information content (AvgIpc) is 2.64. The van der Waals surface area contributed by atoms with Crippen LogP contribution in [-0.4, -0.2) is 47.1 Å². The zero-order valence-corrected chi connectivity index (χ0v) is 16.2. The Kier molecular flexibility index (Phi) is 5.38. The fourth-order valence-corrected chi connectivity index (χ4v) is 4.43. The molecule has 1 aromatic carbocycles. The van der Waals surface area contributed by atoms with Gasteiger partial charge in [0.25, 0.3) is 5.56 Å². The molecule has 11 heteroatoms. The van der Waals surface area contributed by atoms with Crippen molar-refractivity contribution in [3.63, 3.8) is 0 Å². The first-order valence-electron chi connectivity index (χ1n) is 8.44. The first kappa shape index (κ1) is 19.8. The van der Waals surface area contributed by atoms with Crippen LogP contribution in [0.5, 0.6) is 0 Å². The van der Waals surface area contributed by atoms with Gasteiger partial charge < -0.3 is 14.6 Å². The van der Waals surface area contributed by atoms with Crippen LogP contribution in [0.3, 0.4) is 0 Å². The molecule has 2 heterocycles. The zero-order chi connectivity index (χ0) is 20.5. The van der Waals surface area contributed by atoms with Gasteiger partial charge in [0.1, 0.15) is 6.61 Å². The molecule has 0 unspecified atom stereocenters. The lowest BCUT2D eigenvalue weighted by atomic mass is 10.2. The largest absolute Gasteiger partial charge is 0.445 e. The van der Waals surface area contributed by atoms with Crippen molar-refractivity contribution in [2.75, 3.05) is 13.1 Å². The Labute approximate surface area is 161 Å². The molecule has 150 valence electrons. The first-order valence-corrected chi connectivity index (χ1v) is 9.88. The molecule has 1 fully saturated rings. The van der Waals surface area contributed by atoms with Gasteiger partial charge in [0.05, 0.1) is 6.04 Å². The highest BCUT2D eigenvalue weighted by Gasteiger charge is 2.39. The van der Waals surface area contributed by atoms with Crippen molar-refractivity contribution in [1.82, 2.24) is 18.8 Å². The summed E-state index contributed by atoms with van der Waals surface area (Å²) in [5.74, 6) is 0. The number of nitrogens with zero attached hydrogens (tertiary/aromatic N) is 3. The second-order valence-electron chi connectivity index (χ2n) is 6.48. The van der Waals surface area contributed by atoms with E-state index in [2.05, 4.69) is 5.32 Å². The Morgan fingerprint density at radius 1 is 1.18 bits per heavy atom. The van der Waals surface area contributed by atoms with Gasteiger partial charge in [0.15, 0.2) is 4.90 Å². The Morgan fingerprint density at radius 2 is 1.82 bits per heavy atom. The maximum Gasteiger partial charge on any atom is 0.407 e. The van der Waals surface area contributed by atoms with Gasteiger partial charge in [0, 0.05) is 33.4 Å². The highest BCUT2D eigenvalue weighted by atomic mass is 32.2. The quantitative estimate of drug-likeness (QED) is 0.704. The summed E-state index contributed by atoms with van der Waals surface area (Å²) in [5.41, 5.74) is -0.670. The first-order chi connectivity index (χ1) is 13.2. The summed E-state index contributed by atoms with van der Waals surface area (Å²) in [6.45, 7) is 0.124. The van der Waals surface area contributed by atoms with Gasteiger partial charge >= 0.3 is 11.8 Å². The predicted molar refractivity (Wildman–Crippen MR) is 99.2 cm³/mol. The number of nitrogens with one attached hydrogen (secondary N) is 1. The Bertz CT molecular complexity index is 1100. The Balaban J connectivity index is 1.59. The summed E-state index contributed by atoms with van der Waals surface area (Å²) in [5, 5.41) is 2.58. The summed E-state index contributed by atoms with van der Waals surface area (Å²) in [4.78, 5) is 35.2. The number of alkyl carbamates (subject to hydrolysis) is 1. The standard InChI is InChI=1S/C17H20N4O6S/c1-19-10-14(15(22)20(2)17(19)24)28(25,26)21-8-13(9-21)18-16(23)27-11-12-6-4-3-5-7-12/h3-7,10,13H,8-9,11H2,1-2H3,(H,18,23). The number of sulfonamides is 1. The molecule has 0 spiro atoms. The Hall–Kier alpha value is -2.92. The molecule has 1 aromatic heterocycles. The highest BCUT2D eigenvalue weighted by Crippen LogP contribution is 2.19. The lowest BCUT2D eigenvalue weighted by molar-refractivity contribution is 0.123. The normalized spacial score (nSPS) is 15.1. The van der Waals surface area contributed by atoms with Gasteiger partial charge in [-0.3, -0.25) is 9.36 Å². The monoisotopic (exact) mass is 408 g/mol. The third kappa shape index (κ3) is 3.85. The number of aryl methyl sites for hydroxylation is 1. The van der Waals surface area contributed by atoms with Crippen LogP contribution < -0.4 is 16.6 Å². The third-order valence-corrected chi connectivity index (χ3v) is 6.23. The van der Waals surface area contributed by atoms with E-state index in [-0.39, 0.29) is 19.7 Å². The number of carbonyl (C=O) groups is 1.